The first-order valence-electron chi connectivity index (χ1n) is 6.38. The number of nitro benzene ring substituents is 1. The van der Waals surface area contributed by atoms with E-state index in [0.717, 1.165) is 12.1 Å². The predicted octanol–water partition coefficient (Wildman–Crippen LogP) is 2.72. The summed E-state index contributed by atoms with van der Waals surface area (Å²) in [6.07, 6.45) is -5.24. The van der Waals surface area contributed by atoms with Crippen molar-refractivity contribution in [2.45, 2.75) is 25.2 Å². The summed E-state index contributed by atoms with van der Waals surface area (Å²) < 4.78 is 57.4. The molecule has 0 unspecified atom stereocenters. The van der Waals surface area contributed by atoms with E-state index in [-0.39, 0.29) is 11.4 Å². The van der Waals surface area contributed by atoms with E-state index in [0.29, 0.717) is 0 Å². The highest BCUT2D eigenvalue weighted by atomic mass is 19.3. The van der Waals surface area contributed by atoms with Gasteiger partial charge in [0, 0.05) is 6.07 Å². The number of ether oxygens (including phenoxy) is 2. The Morgan fingerprint density at radius 3 is 2.42 bits per heavy atom. The number of non-ortho nitro benzene ring substituents is 1. The minimum atomic E-state index is -4.47. The Morgan fingerprint density at radius 2 is 1.83 bits per heavy atom. The number of alkyl halides is 4. The maximum Gasteiger partial charge on any atom is 0.340 e. The van der Waals surface area contributed by atoms with E-state index >= 15 is 0 Å². The van der Waals surface area contributed by atoms with Gasteiger partial charge in [-0.25, -0.2) is 8.78 Å². The lowest BCUT2D eigenvalue weighted by atomic mass is 10.3. The molecule has 11 heteroatoms. The number of hydrogen-bond donors (Lipinski definition) is 0. The van der Waals surface area contributed by atoms with Crippen LogP contribution >= 0.6 is 0 Å². The van der Waals surface area contributed by atoms with Crippen LogP contribution in [0.4, 0.5) is 23.2 Å². The first-order chi connectivity index (χ1) is 11.1. The van der Waals surface area contributed by atoms with Crippen molar-refractivity contribution in [3.05, 3.63) is 34.4 Å². The van der Waals surface area contributed by atoms with Crippen LogP contribution in [0.1, 0.15) is 12.8 Å². The van der Waals surface area contributed by atoms with Gasteiger partial charge in [-0.15, -0.1) is 0 Å². The summed E-state index contributed by atoms with van der Waals surface area (Å²) in [6, 6.07) is 4.66. The van der Waals surface area contributed by atoms with E-state index in [2.05, 4.69) is 4.74 Å². The largest absolute Gasteiger partial charge is 0.459 e. The zero-order valence-corrected chi connectivity index (χ0v) is 11.9. The number of carbonyl (C=O) groups excluding carboxylic acids is 2. The summed E-state index contributed by atoms with van der Waals surface area (Å²) in [5.41, 5.74) is -0.325. The molecule has 0 fully saturated rings. The Morgan fingerprint density at radius 1 is 1.21 bits per heavy atom. The highest BCUT2D eigenvalue weighted by Gasteiger charge is 2.42. The van der Waals surface area contributed by atoms with Crippen LogP contribution in [0.25, 0.3) is 0 Å². The fraction of sp³-hybridized carbons (Fsp3) is 0.385. The summed E-state index contributed by atoms with van der Waals surface area (Å²) in [5.74, 6) is -6.88. The van der Waals surface area contributed by atoms with Crippen LogP contribution in [0.3, 0.4) is 0 Å². The molecule has 0 saturated carbocycles. The van der Waals surface area contributed by atoms with Gasteiger partial charge in [-0.1, -0.05) is 6.07 Å². The van der Waals surface area contributed by atoms with E-state index in [4.69, 9.17) is 4.74 Å². The standard InChI is InChI=1S/C13H11F4NO6/c14-12(15)13(16,17)7-23-10(19)4-5-11(20)24-9-3-1-2-8(6-9)18(21)22/h1-3,6,12H,4-5,7H2. The molecule has 0 saturated heterocycles. The average Bonchev–Trinajstić information content (AvgIpc) is 2.51. The lowest BCUT2D eigenvalue weighted by Gasteiger charge is -2.14. The van der Waals surface area contributed by atoms with Gasteiger partial charge in [0.25, 0.3) is 5.69 Å². The first kappa shape index (κ1) is 19.3. The third-order valence-corrected chi connectivity index (χ3v) is 2.54. The third-order valence-electron chi connectivity index (χ3n) is 2.54. The van der Waals surface area contributed by atoms with E-state index in [9.17, 15) is 37.3 Å². The molecular weight excluding hydrogens is 342 g/mol. The highest BCUT2D eigenvalue weighted by Crippen LogP contribution is 2.23. The molecule has 0 aliphatic heterocycles. The Bertz CT molecular complexity index is 622. The molecule has 0 atom stereocenters. The number of halogens is 4. The van der Waals surface area contributed by atoms with E-state index in [1.54, 1.807) is 0 Å². The second kappa shape index (κ2) is 8.22. The Labute approximate surface area is 132 Å². The summed E-state index contributed by atoms with van der Waals surface area (Å²) in [6.45, 7) is -1.80. The molecule has 7 nitrogen and oxygen atoms in total. The second-order valence-corrected chi connectivity index (χ2v) is 4.45. The SMILES string of the molecule is O=C(CCC(=O)Oc1cccc([N+](=O)[O-])c1)OCC(F)(F)C(F)F. The van der Waals surface area contributed by atoms with Gasteiger partial charge < -0.3 is 9.47 Å². The molecule has 0 heterocycles. The smallest absolute Gasteiger partial charge is 0.340 e. The summed E-state index contributed by atoms with van der Waals surface area (Å²) in [7, 11) is 0. The molecule has 1 aromatic carbocycles. The van der Waals surface area contributed by atoms with Crippen molar-refractivity contribution in [1.29, 1.82) is 0 Å². The molecule has 0 amide bonds. The number of carbonyl (C=O) groups is 2. The van der Waals surface area contributed by atoms with Crippen molar-refractivity contribution in [1.82, 2.24) is 0 Å². The van der Waals surface area contributed by atoms with E-state index < -0.39 is 48.7 Å². The number of rotatable bonds is 8. The van der Waals surface area contributed by atoms with Crippen molar-refractivity contribution in [2.24, 2.45) is 0 Å². The quantitative estimate of drug-likeness (QED) is 0.234. The van der Waals surface area contributed by atoms with Crippen LogP contribution in [0, 0.1) is 10.1 Å². The molecular formula is C13H11F4NO6. The third kappa shape index (κ3) is 6.18. The van der Waals surface area contributed by atoms with Gasteiger partial charge in [0.05, 0.1) is 23.8 Å². The van der Waals surface area contributed by atoms with Gasteiger partial charge in [-0.2, -0.15) is 8.78 Å². The molecule has 0 bridgehead atoms. The van der Waals surface area contributed by atoms with Gasteiger partial charge in [-0.05, 0) is 6.07 Å². The fourth-order valence-corrected chi connectivity index (χ4v) is 1.36. The molecule has 132 valence electrons. The number of esters is 2. The molecule has 0 radical (unpaired) electrons. The molecule has 0 N–H and O–H groups in total. The average molecular weight is 353 g/mol. The van der Waals surface area contributed by atoms with Crippen LogP contribution in [-0.2, 0) is 14.3 Å². The molecule has 24 heavy (non-hydrogen) atoms. The molecule has 0 aromatic heterocycles. The number of benzene rings is 1. The van der Waals surface area contributed by atoms with Crippen LogP contribution < -0.4 is 4.74 Å². The van der Waals surface area contributed by atoms with Gasteiger partial charge in [0.1, 0.15) is 5.75 Å². The zero-order valence-electron chi connectivity index (χ0n) is 11.9. The fourth-order valence-electron chi connectivity index (χ4n) is 1.36. The Balaban J connectivity index is 2.42. The zero-order chi connectivity index (χ0) is 18.3. The van der Waals surface area contributed by atoms with Gasteiger partial charge in [-0.3, -0.25) is 19.7 Å². The van der Waals surface area contributed by atoms with Crippen LogP contribution in [0.5, 0.6) is 5.75 Å². The van der Waals surface area contributed by atoms with Crippen LogP contribution in [-0.4, -0.2) is 35.8 Å². The summed E-state index contributed by atoms with van der Waals surface area (Å²) >= 11 is 0. The topological polar surface area (TPSA) is 95.7 Å². The van der Waals surface area contributed by atoms with Crippen molar-refractivity contribution >= 4 is 17.6 Å². The van der Waals surface area contributed by atoms with E-state index in [1.165, 1.54) is 12.1 Å². The molecule has 0 aliphatic rings. The predicted molar refractivity (Wildman–Crippen MR) is 69.9 cm³/mol. The Hall–Kier alpha value is -2.72. The molecule has 0 aliphatic carbocycles. The lowest BCUT2D eigenvalue weighted by molar-refractivity contribution is -0.384. The maximum absolute atomic E-state index is 12.5. The molecule has 1 rings (SSSR count). The van der Waals surface area contributed by atoms with Gasteiger partial charge in [0.2, 0.25) is 0 Å². The number of hydrogen-bond acceptors (Lipinski definition) is 6. The van der Waals surface area contributed by atoms with E-state index in [1.807, 2.05) is 0 Å². The van der Waals surface area contributed by atoms with Crippen molar-refractivity contribution in [3.8, 4) is 5.75 Å². The lowest BCUT2D eigenvalue weighted by Crippen LogP contribution is -2.33. The monoisotopic (exact) mass is 353 g/mol. The van der Waals surface area contributed by atoms with Crippen LogP contribution in [0.15, 0.2) is 24.3 Å². The van der Waals surface area contributed by atoms with Crippen molar-refractivity contribution < 1.29 is 41.5 Å². The van der Waals surface area contributed by atoms with Crippen molar-refractivity contribution in [2.75, 3.05) is 6.61 Å². The van der Waals surface area contributed by atoms with Gasteiger partial charge >= 0.3 is 24.3 Å². The number of nitrogens with zero attached hydrogens (tertiary/aromatic N) is 1. The second-order valence-electron chi connectivity index (χ2n) is 4.45. The minimum Gasteiger partial charge on any atom is -0.459 e. The minimum absolute atomic E-state index is 0.146. The first-order valence-corrected chi connectivity index (χ1v) is 6.38. The summed E-state index contributed by atoms with van der Waals surface area (Å²) in [4.78, 5) is 32.4. The molecule has 1 aromatic rings. The number of nitro groups is 1. The van der Waals surface area contributed by atoms with Gasteiger partial charge in [0.15, 0.2) is 6.61 Å². The molecule has 0 spiro atoms. The Kier molecular flexibility index (Phi) is 6.62. The van der Waals surface area contributed by atoms with Crippen molar-refractivity contribution in [3.63, 3.8) is 0 Å². The summed E-state index contributed by atoms with van der Waals surface area (Å²) in [5, 5.41) is 10.5. The maximum atomic E-state index is 12.5. The highest BCUT2D eigenvalue weighted by molar-refractivity contribution is 5.79. The normalized spacial score (nSPS) is 11.2. The van der Waals surface area contributed by atoms with Crippen LogP contribution in [0.2, 0.25) is 0 Å².